The van der Waals surface area contributed by atoms with E-state index in [0.717, 1.165) is 0 Å². The molecule has 1 amide bonds. The van der Waals surface area contributed by atoms with Gasteiger partial charge in [0.2, 0.25) is 0 Å². The smallest absolute Gasteiger partial charge is 0.253 e. The Bertz CT molecular complexity index is 549. The van der Waals surface area contributed by atoms with Gasteiger partial charge in [0, 0.05) is 46.8 Å². The summed E-state index contributed by atoms with van der Waals surface area (Å²) in [5, 5.41) is 11.5. The van der Waals surface area contributed by atoms with Gasteiger partial charge in [0.05, 0.1) is 5.56 Å². The normalized spacial score (nSPS) is 12.9. The van der Waals surface area contributed by atoms with E-state index < -0.39 is 10.8 Å². The first-order valence-electron chi connectivity index (χ1n) is 6.18. The van der Waals surface area contributed by atoms with Crippen LogP contribution >= 0.6 is 0 Å². The van der Waals surface area contributed by atoms with Gasteiger partial charge in [0.15, 0.2) is 0 Å². The minimum atomic E-state index is -0.859. The number of nitrogens with one attached hydrogen (secondary N) is 1. The topological polar surface area (TPSA) is 79.3 Å². The lowest BCUT2D eigenvalue weighted by molar-refractivity contribution is 0.0939. The molecule has 2 unspecified atom stereocenters. The molecule has 0 aliphatic heterocycles. The summed E-state index contributed by atoms with van der Waals surface area (Å²) in [6.45, 7) is 1.63. The molecule has 108 valence electrons. The number of pyridine rings is 1. The number of hydrogen-bond donors (Lipinski definition) is 2. The Morgan fingerprint density at radius 1 is 1.55 bits per heavy atom. The van der Waals surface area contributed by atoms with Crippen LogP contribution in [0.3, 0.4) is 0 Å². The fraction of sp³-hybridized carbons (Fsp3) is 0.429. The first-order chi connectivity index (χ1) is 9.52. The van der Waals surface area contributed by atoms with Crippen LogP contribution in [-0.2, 0) is 10.8 Å². The largest absolute Gasteiger partial charge is 0.384 e. The lowest BCUT2D eigenvalue weighted by Crippen LogP contribution is -2.33. The van der Waals surface area contributed by atoms with Crippen molar-refractivity contribution in [1.82, 2.24) is 10.3 Å². The first-order valence-corrected chi connectivity index (χ1v) is 7.91. The van der Waals surface area contributed by atoms with Crippen molar-refractivity contribution in [3.8, 4) is 11.8 Å². The lowest BCUT2D eigenvalue weighted by atomic mass is 10.2. The Labute approximate surface area is 121 Å². The molecule has 0 bridgehead atoms. The predicted molar refractivity (Wildman–Crippen MR) is 78.7 cm³/mol. The quantitative estimate of drug-likeness (QED) is 0.766. The van der Waals surface area contributed by atoms with Crippen molar-refractivity contribution in [2.24, 2.45) is 0 Å². The monoisotopic (exact) mass is 294 g/mol. The molecule has 5 nitrogen and oxygen atoms in total. The van der Waals surface area contributed by atoms with E-state index in [0.29, 0.717) is 23.3 Å². The van der Waals surface area contributed by atoms with Gasteiger partial charge in [-0.05, 0) is 19.4 Å². The number of aliphatic hydroxyl groups excluding tert-OH is 1. The first kappa shape index (κ1) is 16.3. The van der Waals surface area contributed by atoms with E-state index in [1.54, 1.807) is 12.3 Å². The second-order valence-corrected chi connectivity index (χ2v) is 5.92. The Hall–Kier alpha value is -1.71. The van der Waals surface area contributed by atoms with Crippen molar-refractivity contribution in [2.45, 2.75) is 19.4 Å². The van der Waals surface area contributed by atoms with Crippen LogP contribution in [0.25, 0.3) is 0 Å². The van der Waals surface area contributed by atoms with Crippen molar-refractivity contribution in [1.29, 1.82) is 0 Å². The van der Waals surface area contributed by atoms with Crippen molar-refractivity contribution in [3.05, 3.63) is 29.6 Å². The highest BCUT2D eigenvalue weighted by Gasteiger charge is 2.10. The molecular weight excluding hydrogens is 276 g/mol. The number of carbonyl (C=O) groups is 1. The average molecular weight is 294 g/mol. The molecule has 0 radical (unpaired) electrons. The van der Waals surface area contributed by atoms with Crippen molar-refractivity contribution < 1.29 is 14.1 Å². The second-order valence-electron chi connectivity index (χ2n) is 4.36. The zero-order valence-electron chi connectivity index (χ0n) is 11.5. The molecule has 20 heavy (non-hydrogen) atoms. The number of nitrogens with zero attached hydrogens (tertiary/aromatic N) is 1. The van der Waals surface area contributed by atoms with Crippen LogP contribution in [0.2, 0.25) is 0 Å². The van der Waals surface area contributed by atoms with E-state index in [4.69, 9.17) is 5.11 Å². The Balaban J connectivity index is 2.65. The summed E-state index contributed by atoms with van der Waals surface area (Å²) in [5.41, 5.74) is 0.994. The molecule has 6 heteroatoms. The van der Waals surface area contributed by atoms with Gasteiger partial charge in [-0.2, -0.15) is 0 Å². The molecule has 1 heterocycles. The highest BCUT2D eigenvalue weighted by atomic mass is 32.2. The maximum absolute atomic E-state index is 12.0. The number of aromatic nitrogens is 1. The van der Waals surface area contributed by atoms with E-state index in [9.17, 15) is 9.00 Å². The molecule has 1 aromatic rings. The van der Waals surface area contributed by atoms with E-state index in [1.807, 2.05) is 6.92 Å². The average Bonchev–Trinajstić information content (AvgIpc) is 2.43. The fourth-order valence-corrected chi connectivity index (χ4v) is 2.18. The molecule has 1 aromatic heterocycles. The van der Waals surface area contributed by atoms with Gasteiger partial charge in [-0.3, -0.25) is 14.0 Å². The minimum Gasteiger partial charge on any atom is -0.384 e. The summed E-state index contributed by atoms with van der Waals surface area (Å²) in [6.07, 6.45) is 5.29. The molecule has 0 saturated heterocycles. The maximum Gasteiger partial charge on any atom is 0.253 e. The molecule has 0 spiro atoms. The van der Waals surface area contributed by atoms with Crippen LogP contribution in [0.5, 0.6) is 0 Å². The number of rotatable bonds is 5. The number of amides is 1. The van der Waals surface area contributed by atoms with Crippen LogP contribution in [0.15, 0.2) is 18.5 Å². The molecule has 1 rings (SSSR count). The zero-order chi connectivity index (χ0) is 15.0. The van der Waals surface area contributed by atoms with Crippen molar-refractivity contribution in [3.63, 3.8) is 0 Å². The molecule has 0 aliphatic rings. The summed E-state index contributed by atoms with van der Waals surface area (Å²) >= 11 is 0. The zero-order valence-corrected chi connectivity index (χ0v) is 12.4. The van der Waals surface area contributed by atoms with Gasteiger partial charge in [-0.1, -0.05) is 11.8 Å². The molecule has 2 N–H and O–H groups in total. The van der Waals surface area contributed by atoms with Gasteiger partial charge in [0.1, 0.15) is 6.61 Å². The maximum atomic E-state index is 12.0. The SMILES string of the molecule is CC(CCS(C)=O)NC(=O)c1cncc(C#CCO)c1. The van der Waals surface area contributed by atoms with Crippen molar-refractivity contribution >= 4 is 16.7 Å². The van der Waals surface area contributed by atoms with E-state index in [-0.39, 0.29) is 18.6 Å². The highest BCUT2D eigenvalue weighted by molar-refractivity contribution is 7.84. The van der Waals surface area contributed by atoms with Crippen LogP contribution < -0.4 is 5.32 Å². The molecule has 0 aliphatic carbocycles. The Morgan fingerprint density at radius 2 is 2.30 bits per heavy atom. The standard InChI is InChI=1S/C14H18N2O3S/c1-11(5-7-20(2)19)16-14(18)13-8-12(4-3-6-17)9-15-10-13/h8-11,17H,5-7H2,1-2H3,(H,16,18). The highest BCUT2D eigenvalue weighted by Crippen LogP contribution is 2.03. The Kier molecular flexibility index (Phi) is 6.91. The van der Waals surface area contributed by atoms with Gasteiger partial charge < -0.3 is 10.4 Å². The summed E-state index contributed by atoms with van der Waals surface area (Å²) in [7, 11) is -0.859. The second kappa shape index (κ2) is 8.46. The number of carbonyl (C=O) groups excluding carboxylic acids is 1. The third kappa shape index (κ3) is 5.95. The van der Waals surface area contributed by atoms with Gasteiger partial charge >= 0.3 is 0 Å². The van der Waals surface area contributed by atoms with Crippen LogP contribution in [0.1, 0.15) is 29.3 Å². The van der Waals surface area contributed by atoms with E-state index in [1.165, 1.54) is 12.4 Å². The molecule has 0 saturated carbocycles. The lowest BCUT2D eigenvalue weighted by Gasteiger charge is -2.13. The molecule has 2 atom stereocenters. The van der Waals surface area contributed by atoms with Gasteiger partial charge in [-0.25, -0.2) is 0 Å². The van der Waals surface area contributed by atoms with E-state index in [2.05, 4.69) is 22.1 Å². The number of aliphatic hydroxyl groups is 1. The van der Waals surface area contributed by atoms with Crippen molar-refractivity contribution in [2.75, 3.05) is 18.6 Å². The van der Waals surface area contributed by atoms with Crippen LogP contribution in [0, 0.1) is 11.8 Å². The van der Waals surface area contributed by atoms with Gasteiger partial charge in [-0.15, -0.1) is 0 Å². The third-order valence-corrected chi connectivity index (χ3v) is 3.34. The fourth-order valence-electron chi connectivity index (χ4n) is 1.50. The molecule has 0 fully saturated rings. The molecular formula is C14H18N2O3S. The molecule has 0 aromatic carbocycles. The minimum absolute atomic E-state index is 0.0569. The summed E-state index contributed by atoms with van der Waals surface area (Å²) in [6, 6.07) is 1.56. The predicted octanol–water partition coefficient (Wildman–Crippen LogP) is 0.312. The summed E-state index contributed by atoms with van der Waals surface area (Å²) in [4.78, 5) is 15.9. The Morgan fingerprint density at radius 3 is 2.95 bits per heavy atom. The van der Waals surface area contributed by atoms with Crippen LogP contribution in [0.4, 0.5) is 0 Å². The summed E-state index contributed by atoms with van der Waals surface area (Å²) < 4.78 is 11.0. The van der Waals surface area contributed by atoms with E-state index >= 15 is 0 Å². The van der Waals surface area contributed by atoms with Gasteiger partial charge in [0.25, 0.3) is 5.91 Å². The third-order valence-electron chi connectivity index (χ3n) is 2.53. The number of hydrogen-bond acceptors (Lipinski definition) is 4. The van der Waals surface area contributed by atoms with Crippen LogP contribution in [-0.4, -0.2) is 44.9 Å². The summed E-state index contributed by atoms with van der Waals surface area (Å²) in [5.74, 6) is 5.53.